The van der Waals surface area contributed by atoms with Crippen molar-refractivity contribution in [2.45, 2.75) is 20.3 Å². The van der Waals surface area contributed by atoms with Crippen molar-refractivity contribution in [3.05, 3.63) is 47.0 Å². The molecule has 2 aromatic rings. The fourth-order valence-electron chi connectivity index (χ4n) is 1.76. The Balaban J connectivity index is 1.90. The van der Waals surface area contributed by atoms with Crippen LogP contribution < -0.4 is 5.32 Å². The minimum atomic E-state index is -0.180. The molecule has 0 aliphatic carbocycles. The van der Waals surface area contributed by atoms with Gasteiger partial charge in [-0.15, -0.1) is 0 Å². The third kappa shape index (κ3) is 3.06. The molecule has 0 spiro atoms. The molecule has 0 amide bonds. The van der Waals surface area contributed by atoms with Gasteiger partial charge in [-0.05, 0) is 43.5 Å². The molecule has 0 unspecified atom stereocenters. The summed E-state index contributed by atoms with van der Waals surface area (Å²) in [7, 11) is 0. The van der Waals surface area contributed by atoms with Crippen LogP contribution in [0.2, 0.25) is 0 Å². The van der Waals surface area contributed by atoms with Crippen LogP contribution in [0.3, 0.4) is 0 Å². The molecule has 0 fully saturated rings. The van der Waals surface area contributed by atoms with E-state index in [0.717, 1.165) is 35.7 Å². The van der Waals surface area contributed by atoms with Gasteiger partial charge in [0.25, 0.3) is 0 Å². The van der Waals surface area contributed by atoms with Crippen LogP contribution in [0.5, 0.6) is 0 Å². The minimum Gasteiger partial charge on any atom is -0.355 e. The molecule has 0 saturated carbocycles. The molecule has 0 bridgehead atoms. The van der Waals surface area contributed by atoms with Gasteiger partial charge in [0.05, 0.1) is 0 Å². The molecule has 2 rings (SSSR count). The van der Waals surface area contributed by atoms with Crippen molar-refractivity contribution in [1.82, 2.24) is 9.97 Å². The van der Waals surface area contributed by atoms with E-state index in [0.29, 0.717) is 0 Å². The molecule has 90 valence electrons. The fraction of sp³-hybridized carbons (Fsp3) is 0.308. The first-order chi connectivity index (χ1) is 8.15. The molecule has 2 N–H and O–H groups in total. The van der Waals surface area contributed by atoms with E-state index < -0.39 is 0 Å². The number of imidazole rings is 1. The largest absolute Gasteiger partial charge is 0.355 e. The van der Waals surface area contributed by atoms with Crippen molar-refractivity contribution in [2.75, 3.05) is 11.9 Å². The molecule has 0 atom stereocenters. The lowest BCUT2D eigenvalue weighted by molar-refractivity contribution is 0.625. The summed E-state index contributed by atoms with van der Waals surface area (Å²) in [5.74, 6) is 0.600. The highest BCUT2D eigenvalue weighted by molar-refractivity contribution is 5.30. The average molecular weight is 233 g/mol. The van der Waals surface area contributed by atoms with E-state index in [1.807, 2.05) is 19.9 Å². The molecular weight excluding hydrogens is 217 g/mol. The number of aromatic amines is 1. The van der Waals surface area contributed by atoms with E-state index in [2.05, 4.69) is 15.3 Å². The standard InChI is InChI=1S/C13H16FN3/c1-9-7-12(14)4-3-11(9)5-6-15-13-16-8-10(2)17-13/h3-4,7-8H,5-6H2,1-2H3,(H2,15,16,17). The van der Waals surface area contributed by atoms with Gasteiger partial charge >= 0.3 is 0 Å². The lowest BCUT2D eigenvalue weighted by Gasteiger charge is -2.06. The summed E-state index contributed by atoms with van der Waals surface area (Å²) in [6.07, 6.45) is 2.64. The maximum absolute atomic E-state index is 12.9. The number of nitrogens with one attached hydrogen (secondary N) is 2. The Morgan fingerprint density at radius 3 is 2.82 bits per heavy atom. The highest BCUT2D eigenvalue weighted by atomic mass is 19.1. The van der Waals surface area contributed by atoms with Gasteiger partial charge in [-0.25, -0.2) is 9.37 Å². The third-order valence-corrected chi connectivity index (χ3v) is 2.69. The molecule has 1 aromatic carbocycles. The SMILES string of the molecule is Cc1cnc(NCCc2ccc(F)cc2C)[nH]1. The lowest BCUT2D eigenvalue weighted by Crippen LogP contribution is -2.07. The van der Waals surface area contributed by atoms with E-state index in [-0.39, 0.29) is 5.82 Å². The lowest BCUT2D eigenvalue weighted by atomic mass is 10.1. The predicted molar refractivity (Wildman–Crippen MR) is 66.7 cm³/mol. The van der Waals surface area contributed by atoms with E-state index in [9.17, 15) is 4.39 Å². The second-order valence-corrected chi connectivity index (χ2v) is 4.16. The van der Waals surface area contributed by atoms with Gasteiger partial charge in [0.2, 0.25) is 0 Å². The van der Waals surface area contributed by atoms with Crippen LogP contribution in [0, 0.1) is 19.7 Å². The van der Waals surface area contributed by atoms with E-state index in [1.54, 1.807) is 12.3 Å². The second kappa shape index (κ2) is 4.99. The average Bonchev–Trinajstić information content (AvgIpc) is 2.68. The first kappa shape index (κ1) is 11.6. The number of anilines is 1. The summed E-state index contributed by atoms with van der Waals surface area (Å²) in [6, 6.07) is 4.89. The van der Waals surface area contributed by atoms with Crippen molar-refractivity contribution < 1.29 is 4.39 Å². The Labute approximate surface area is 100 Å². The Morgan fingerprint density at radius 1 is 1.35 bits per heavy atom. The number of hydrogen-bond donors (Lipinski definition) is 2. The number of aryl methyl sites for hydroxylation is 2. The third-order valence-electron chi connectivity index (χ3n) is 2.69. The quantitative estimate of drug-likeness (QED) is 0.852. The van der Waals surface area contributed by atoms with Crippen LogP contribution in [0.1, 0.15) is 16.8 Å². The summed E-state index contributed by atoms with van der Waals surface area (Å²) < 4.78 is 12.9. The molecular formula is C13H16FN3. The van der Waals surface area contributed by atoms with Crippen LogP contribution in [0.15, 0.2) is 24.4 Å². The van der Waals surface area contributed by atoms with Gasteiger partial charge in [-0.2, -0.15) is 0 Å². The first-order valence-electron chi connectivity index (χ1n) is 5.65. The highest BCUT2D eigenvalue weighted by Gasteiger charge is 2.01. The van der Waals surface area contributed by atoms with Crippen LogP contribution >= 0.6 is 0 Å². The summed E-state index contributed by atoms with van der Waals surface area (Å²) in [5.41, 5.74) is 3.18. The van der Waals surface area contributed by atoms with Gasteiger partial charge in [-0.1, -0.05) is 6.07 Å². The fourth-order valence-corrected chi connectivity index (χ4v) is 1.76. The Bertz CT molecular complexity index is 505. The van der Waals surface area contributed by atoms with Gasteiger partial charge in [-0.3, -0.25) is 0 Å². The molecule has 1 heterocycles. The molecule has 1 aromatic heterocycles. The number of aromatic nitrogens is 2. The molecule has 0 radical (unpaired) electrons. The molecule has 3 nitrogen and oxygen atoms in total. The number of halogens is 1. The molecule has 0 aliphatic heterocycles. The number of nitrogens with zero attached hydrogens (tertiary/aromatic N) is 1. The van der Waals surface area contributed by atoms with Crippen LogP contribution in [-0.2, 0) is 6.42 Å². The summed E-state index contributed by atoms with van der Waals surface area (Å²) >= 11 is 0. The second-order valence-electron chi connectivity index (χ2n) is 4.16. The zero-order chi connectivity index (χ0) is 12.3. The van der Waals surface area contributed by atoms with Crippen molar-refractivity contribution in [3.63, 3.8) is 0 Å². The van der Waals surface area contributed by atoms with Crippen molar-refractivity contribution in [3.8, 4) is 0 Å². The topological polar surface area (TPSA) is 40.7 Å². The maximum Gasteiger partial charge on any atom is 0.200 e. The highest BCUT2D eigenvalue weighted by Crippen LogP contribution is 2.11. The van der Waals surface area contributed by atoms with E-state index in [4.69, 9.17) is 0 Å². The van der Waals surface area contributed by atoms with Crippen LogP contribution in [0.4, 0.5) is 10.3 Å². The molecule has 0 saturated heterocycles. The molecule has 4 heteroatoms. The Kier molecular flexibility index (Phi) is 3.42. The number of H-pyrrole nitrogens is 1. The van der Waals surface area contributed by atoms with Gasteiger partial charge in [0.15, 0.2) is 5.95 Å². The van der Waals surface area contributed by atoms with E-state index in [1.165, 1.54) is 6.07 Å². The van der Waals surface area contributed by atoms with Gasteiger partial charge in [0, 0.05) is 18.4 Å². The van der Waals surface area contributed by atoms with Crippen LogP contribution in [-0.4, -0.2) is 16.5 Å². The monoisotopic (exact) mass is 233 g/mol. The minimum absolute atomic E-state index is 0.180. The maximum atomic E-state index is 12.9. The predicted octanol–water partition coefficient (Wildman–Crippen LogP) is 2.82. The van der Waals surface area contributed by atoms with Gasteiger partial charge in [0.1, 0.15) is 5.82 Å². The zero-order valence-corrected chi connectivity index (χ0v) is 10.0. The Morgan fingerprint density at radius 2 is 2.18 bits per heavy atom. The Hall–Kier alpha value is -1.84. The summed E-state index contributed by atoms with van der Waals surface area (Å²) in [4.78, 5) is 7.26. The normalized spacial score (nSPS) is 10.5. The summed E-state index contributed by atoms with van der Waals surface area (Å²) in [6.45, 7) is 4.66. The number of rotatable bonds is 4. The van der Waals surface area contributed by atoms with Crippen molar-refractivity contribution >= 4 is 5.95 Å². The van der Waals surface area contributed by atoms with Gasteiger partial charge < -0.3 is 10.3 Å². The zero-order valence-electron chi connectivity index (χ0n) is 10.0. The van der Waals surface area contributed by atoms with Crippen molar-refractivity contribution in [2.24, 2.45) is 0 Å². The van der Waals surface area contributed by atoms with E-state index >= 15 is 0 Å². The molecule has 0 aliphatic rings. The first-order valence-corrected chi connectivity index (χ1v) is 5.65. The smallest absolute Gasteiger partial charge is 0.200 e. The molecule has 17 heavy (non-hydrogen) atoms. The number of benzene rings is 1. The summed E-state index contributed by atoms with van der Waals surface area (Å²) in [5, 5.41) is 3.20. The van der Waals surface area contributed by atoms with Crippen LogP contribution in [0.25, 0.3) is 0 Å². The van der Waals surface area contributed by atoms with Crippen molar-refractivity contribution in [1.29, 1.82) is 0 Å². The number of hydrogen-bond acceptors (Lipinski definition) is 2.